The van der Waals surface area contributed by atoms with Gasteiger partial charge in [-0.1, -0.05) is 72.1 Å². The number of quaternary nitrogens is 1. The predicted octanol–water partition coefficient (Wildman–Crippen LogP) is 7.39. The van der Waals surface area contributed by atoms with Gasteiger partial charge in [-0.05, 0) is 62.4 Å². The monoisotopic (exact) mass is 362 g/mol. The molecule has 0 aromatic rings. The summed E-state index contributed by atoms with van der Waals surface area (Å²) in [5.41, 5.74) is 3.76. The predicted molar refractivity (Wildman–Crippen MR) is 118 cm³/mol. The lowest BCUT2D eigenvalue weighted by molar-refractivity contribution is -0.923. The van der Waals surface area contributed by atoms with Crippen LogP contribution in [0.4, 0.5) is 0 Å². The Morgan fingerprint density at radius 1 is 0.769 bits per heavy atom. The van der Waals surface area contributed by atoms with E-state index >= 15 is 0 Å². The van der Waals surface area contributed by atoms with Crippen LogP contribution in [0, 0.1) is 16.7 Å². The summed E-state index contributed by atoms with van der Waals surface area (Å²) in [4.78, 5) is 0. The van der Waals surface area contributed by atoms with Gasteiger partial charge in [-0.3, -0.25) is 0 Å². The van der Waals surface area contributed by atoms with Crippen LogP contribution < -0.4 is 0 Å². The largest absolute Gasteiger partial charge is 0.324 e. The first kappa shape index (κ1) is 23.5. The minimum absolute atomic E-state index is 0.271. The third-order valence-corrected chi connectivity index (χ3v) is 6.73. The lowest BCUT2D eigenvalue weighted by atomic mass is 9.78. The van der Waals surface area contributed by atoms with Crippen molar-refractivity contribution in [3.63, 3.8) is 0 Å². The Morgan fingerprint density at radius 3 is 1.77 bits per heavy atom. The van der Waals surface area contributed by atoms with E-state index in [4.69, 9.17) is 0 Å². The van der Waals surface area contributed by atoms with Crippen molar-refractivity contribution in [3.8, 4) is 0 Å². The van der Waals surface area contributed by atoms with E-state index in [9.17, 15) is 0 Å². The number of hydrogen-bond donors (Lipinski definition) is 0. The highest BCUT2D eigenvalue weighted by Gasteiger charge is 2.31. The molecule has 0 radical (unpaired) electrons. The van der Waals surface area contributed by atoms with E-state index in [-0.39, 0.29) is 10.8 Å². The van der Waals surface area contributed by atoms with Gasteiger partial charge in [0.05, 0.1) is 26.2 Å². The molecule has 1 aliphatic carbocycles. The summed E-state index contributed by atoms with van der Waals surface area (Å²) in [7, 11) is 0. The minimum atomic E-state index is 0.271. The van der Waals surface area contributed by atoms with Crippen molar-refractivity contribution in [1.82, 2.24) is 0 Å². The van der Waals surface area contributed by atoms with Gasteiger partial charge in [0.15, 0.2) is 0 Å². The first-order chi connectivity index (χ1) is 12.0. The van der Waals surface area contributed by atoms with Crippen LogP contribution in [-0.4, -0.2) is 30.7 Å². The summed E-state index contributed by atoms with van der Waals surface area (Å²) < 4.78 is 1.30. The van der Waals surface area contributed by atoms with Gasteiger partial charge < -0.3 is 4.48 Å². The third kappa shape index (κ3) is 6.55. The van der Waals surface area contributed by atoms with E-state index in [1.54, 1.807) is 11.1 Å². The molecule has 1 aliphatic rings. The maximum atomic E-state index is 2.58. The molecule has 0 fully saturated rings. The van der Waals surface area contributed by atoms with Gasteiger partial charge in [0.25, 0.3) is 0 Å². The molecule has 0 N–H and O–H groups in total. The Balaban J connectivity index is 2.49. The van der Waals surface area contributed by atoms with Gasteiger partial charge in [0.1, 0.15) is 0 Å². The van der Waals surface area contributed by atoms with Crippen LogP contribution in [0.5, 0.6) is 0 Å². The number of allylic oxidation sites excluding steroid dienone is 4. The van der Waals surface area contributed by atoms with E-state index in [1.807, 2.05) is 0 Å². The molecule has 0 aromatic heterocycles. The van der Waals surface area contributed by atoms with Crippen molar-refractivity contribution in [3.05, 3.63) is 23.3 Å². The second kappa shape index (κ2) is 9.58. The fourth-order valence-corrected chi connectivity index (χ4v) is 4.42. The van der Waals surface area contributed by atoms with Crippen LogP contribution in [0.2, 0.25) is 0 Å². The molecule has 0 bridgehead atoms. The van der Waals surface area contributed by atoms with E-state index in [2.05, 4.69) is 74.5 Å². The maximum Gasteiger partial charge on any atom is 0.0786 e. The van der Waals surface area contributed by atoms with E-state index in [0.717, 1.165) is 0 Å². The van der Waals surface area contributed by atoms with Gasteiger partial charge in [0.2, 0.25) is 0 Å². The average Bonchev–Trinajstić information content (AvgIpc) is 3.00. The highest BCUT2D eigenvalue weighted by Crippen LogP contribution is 2.44. The van der Waals surface area contributed by atoms with Gasteiger partial charge in [-0.25, -0.2) is 0 Å². The Labute approximate surface area is 165 Å². The van der Waals surface area contributed by atoms with Gasteiger partial charge >= 0.3 is 0 Å². The van der Waals surface area contributed by atoms with Crippen LogP contribution in [0.15, 0.2) is 23.3 Å². The third-order valence-electron chi connectivity index (χ3n) is 6.73. The molecule has 0 saturated heterocycles. The second-order valence-corrected chi connectivity index (χ2v) is 10.5. The minimum Gasteiger partial charge on any atom is -0.324 e. The Hall–Kier alpha value is -0.560. The molecule has 0 spiro atoms. The SMILES string of the molecule is CC[N+](CC)(CC)CCCCCCC1C=C(C(C)(C)C)C=C1C(C)(C)C. The fourth-order valence-electron chi connectivity index (χ4n) is 4.42. The first-order valence-corrected chi connectivity index (χ1v) is 11.3. The molecule has 0 saturated carbocycles. The summed E-state index contributed by atoms with van der Waals surface area (Å²) in [6, 6.07) is 0. The van der Waals surface area contributed by atoms with E-state index in [1.165, 1.54) is 62.8 Å². The average molecular weight is 363 g/mol. The van der Waals surface area contributed by atoms with Crippen molar-refractivity contribution < 1.29 is 4.48 Å². The summed E-state index contributed by atoms with van der Waals surface area (Å²) in [5.74, 6) is 0.668. The molecular formula is C25H48N+. The van der Waals surface area contributed by atoms with Gasteiger partial charge in [-0.2, -0.15) is 0 Å². The van der Waals surface area contributed by atoms with Crippen LogP contribution in [0.25, 0.3) is 0 Å². The molecule has 1 heteroatoms. The highest BCUT2D eigenvalue weighted by atomic mass is 15.3. The van der Waals surface area contributed by atoms with Crippen LogP contribution in [0.1, 0.15) is 94.4 Å². The lowest BCUT2D eigenvalue weighted by Gasteiger charge is -2.35. The molecular weight excluding hydrogens is 314 g/mol. The molecule has 152 valence electrons. The van der Waals surface area contributed by atoms with Gasteiger partial charge in [0, 0.05) is 0 Å². The molecule has 0 heterocycles. The molecule has 0 amide bonds. The van der Waals surface area contributed by atoms with E-state index in [0.29, 0.717) is 5.92 Å². The number of unbranched alkanes of at least 4 members (excludes halogenated alkanes) is 3. The Kier molecular flexibility index (Phi) is 8.65. The summed E-state index contributed by atoms with van der Waals surface area (Å²) in [6.45, 7) is 26.5. The number of hydrogen-bond acceptors (Lipinski definition) is 0. The molecule has 1 atom stereocenters. The Bertz CT molecular complexity index is 469. The van der Waals surface area contributed by atoms with Crippen LogP contribution in [-0.2, 0) is 0 Å². The standard InChI is InChI=1S/C25H48N/c1-10-26(11-2,12-3)18-16-14-13-15-17-21-19-22(24(4,5)6)20-23(21)25(7,8)9/h19-21H,10-18H2,1-9H3/q+1. The second-order valence-electron chi connectivity index (χ2n) is 10.5. The number of nitrogens with zero attached hydrogens (tertiary/aromatic N) is 1. The molecule has 0 aromatic carbocycles. The zero-order valence-corrected chi connectivity index (χ0v) is 19.5. The smallest absolute Gasteiger partial charge is 0.0786 e. The fraction of sp³-hybridized carbons (Fsp3) is 0.840. The molecule has 1 nitrogen and oxygen atoms in total. The zero-order valence-electron chi connectivity index (χ0n) is 19.5. The quantitative estimate of drug-likeness (QED) is 0.281. The van der Waals surface area contributed by atoms with Crippen molar-refractivity contribution in [1.29, 1.82) is 0 Å². The molecule has 26 heavy (non-hydrogen) atoms. The summed E-state index contributed by atoms with van der Waals surface area (Å²) in [5, 5.41) is 0. The summed E-state index contributed by atoms with van der Waals surface area (Å²) in [6.07, 6.45) is 12.0. The van der Waals surface area contributed by atoms with Crippen molar-refractivity contribution >= 4 is 0 Å². The van der Waals surface area contributed by atoms with Crippen molar-refractivity contribution in [2.75, 3.05) is 26.2 Å². The normalized spacial score (nSPS) is 18.9. The number of rotatable bonds is 10. The van der Waals surface area contributed by atoms with Crippen LogP contribution in [0.3, 0.4) is 0 Å². The molecule has 0 aliphatic heterocycles. The molecule has 1 rings (SSSR count). The van der Waals surface area contributed by atoms with Crippen molar-refractivity contribution in [2.45, 2.75) is 94.4 Å². The maximum absolute atomic E-state index is 2.58. The first-order valence-electron chi connectivity index (χ1n) is 11.3. The van der Waals surface area contributed by atoms with Gasteiger partial charge in [-0.15, -0.1) is 0 Å². The topological polar surface area (TPSA) is 0 Å². The Morgan fingerprint density at radius 2 is 1.31 bits per heavy atom. The summed E-state index contributed by atoms with van der Waals surface area (Å²) >= 11 is 0. The van der Waals surface area contributed by atoms with E-state index < -0.39 is 0 Å². The van der Waals surface area contributed by atoms with Crippen molar-refractivity contribution in [2.24, 2.45) is 16.7 Å². The molecule has 1 unspecified atom stereocenters. The lowest BCUT2D eigenvalue weighted by Crippen LogP contribution is -2.48. The highest BCUT2D eigenvalue weighted by molar-refractivity contribution is 5.41. The zero-order chi connectivity index (χ0) is 20.0. The van der Waals surface area contributed by atoms with Crippen LogP contribution >= 0.6 is 0 Å².